The predicted molar refractivity (Wildman–Crippen MR) is 52.3 cm³/mol. The lowest BCUT2D eigenvalue weighted by molar-refractivity contribution is -0.120. The number of hydrogen-bond donors (Lipinski definition) is 1. The molecule has 1 fully saturated rings. The normalized spacial score (nSPS) is 26.5. The van der Waals surface area contributed by atoms with Gasteiger partial charge >= 0.3 is 0 Å². The summed E-state index contributed by atoms with van der Waals surface area (Å²) in [6, 6.07) is 0.410. The lowest BCUT2D eigenvalue weighted by Crippen LogP contribution is -2.38. The first kappa shape index (κ1) is 9.39. The number of hydrogen-bond acceptors (Lipinski definition) is 2. The van der Waals surface area contributed by atoms with Crippen molar-refractivity contribution in [1.82, 2.24) is 5.32 Å². The average Bonchev–Trinajstić information content (AvgIpc) is 2.39. The van der Waals surface area contributed by atoms with Crippen molar-refractivity contribution in [2.45, 2.75) is 24.2 Å². The maximum atomic E-state index is 11.1. The van der Waals surface area contributed by atoms with E-state index in [4.69, 9.17) is 0 Å². The van der Waals surface area contributed by atoms with E-state index >= 15 is 0 Å². The quantitative estimate of drug-likeness (QED) is 0.736. The van der Waals surface area contributed by atoms with E-state index in [1.807, 2.05) is 18.7 Å². The van der Waals surface area contributed by atoms with Crippen molar-refractivity contribution in [3.63, 3.8) is 0 Å². The molecule has 0 saturated carbocycles. The van der Waals surface area contributed by atoms with Crippen molar-refractivity contribution < 1.29 is 4.79 Å². The van der Waals surface area contributed by atoms with Gasteiger partial charge in [0.1, 0.15) is 0 Å². The maximum absolute atomic E-state index is 11.1. The van der Waals surface area contributed by atoms with Gasteiger partial charge in [-0.2, -0.15) is 11.8 Å². The van der Waals surface area contributed by atoms with E-state index < -0.39 is 0 Å². The third-order valence-corrected chi connectivity index (χ3v) is 3.22. The van der Waals surface area contributed by atoms with Crippen LogP contribution in [0.1, 0.15) is 13.3 Å². The molecule has 1 aliphatic heterocycles. The van der Waals surface area contributed by atoms with Crippen LogP contribution in [-0.4, -0.2) is 28.3 Å². The molecule has 11 heavy (non-hydrogen) atoms. The van der Waals surface area contributed by atoms with Crippen molar-refractivity contribution in [3.05, 3.63) is 0 Å². The molecule has 0 aromatic heterocycles. The summed E-state index contributed by atoms with van der Waals surface area (Å²) >= 11 is 5.13. The number of thioether (sulfide) groups is 1. The highest BCUT2D eigenvalue weighted by atomic mass is 79.9. The van der Waals surface area contributed by atoms with Crippen LogP contribution in [0.25, 0.3) is 0 Å². The molecule has 0 radical (unpaired) electrons. The van der Waals surface area contributed by atoms with Crippen LogP contribution in [0.5, 0.6) is 0 Å². The Morgan fingerprint density at radius 1 is 1.82 bits per heavy atom. The molecule has 2 nitrogen and oxygen atoms in total. The Balaban J connectivity index is 2.24. The predicted octanol–water partition coefficient (Wildman–Crippen LogP) is 1.39. The molecular formula is C7H12BrNOS. The van der Waals surface area contributed by atoms with Gasteiger partial charge in [-0.25, -0.2) is 0 Å². The summed E-state index contributed by atoms with van der Waals surface area (Å²) in [5.74, 6) is 2.37. The second-order valence-electron chi connectivity index (χ2n) is 2.69. The van der Waals surface area contributed by atoms with Crippen LogP contribution in [0.2, 0.25) is 0 Å². The minimum atomic E-state index is -0.0619. The second kappa shape index (κ2) is 4.36. The maximum Gasteiger partial charge on any atom is 0.233 e. The molecule has 64 valence electrons. The van der Waals surface area contributed by atoms with E-state index in [-0.39, 0.29) is 10.7 Å². The van der Waals surface area contributed by atoms with Crippen LogP contribution in [0.3, 0.4) is 0 Å². The number of halogens is 1. The molecule has 1 rings (SSSR count). The van der Waals surface area contributed by atoms with Gasteiger partial charge in [-0.15, -0.1) is 0 Å². The molecule has 2 unspecified atom stereocenters. The third-order valence-electron chi connectivity index (χ3n) is 1.64. The van der Waals surface area contributed by atoms with Crippen molar-refractivity contribution >= 4 is 33.6 Å². The Morgan fingerprint density at radius 2 is 2.55 bits per heavy atom. The van der Waals surface area contributed by atoms with Crippen LogP contribution in [0.15, 0.2) is 0 Å². The van der Waals surface area contributed by atoms with Gasteiger partial charge in [0, 0.05) is 11.8 Å². The summed E-state index contributed by atoms with van der Waals surface area (Å²) in [7, 11) is 0. The van der Waals surface area contributed by atoms with Gasteiger partial charge in [0.05, 0.1) is 4.83 Å². The summed E-state index contributed by atoms with van der Waals surface area (Å²) in [6.45, 7) is 1.84. The molecule has 1 aliphatic rings. The first-order chi connectivity index (χ1) is 5.20. The number of rotatable bonds is 2. The molecule has 1 amide bonds. The Kier molecular flexibility index (Phi) is 3.72. The van der Waals surface area contributed by atoms with Crippen LogP contribution in [0, 0.1) is 0 Å². The molecule has 0 aromatic rings. The highest BCUT2D eigenvalue weighted by Crippen LogP contribution is 2.17. The molecule has 0 bridgehead atoms. The van der Waals surface area contributed by atoms with E-state index in [2.05, 4.69) is 21.2 Å². The van der Waals surface area contributed by atoms with Gasteiger partial charge in [0.2, 0.25) is 5.91 Å². The van der Waals surface area contributed by atoms with Crippen molar-refractivity contribution in [1.29, 1.82) is 0 Å². The number of carbonyl (C=O) groups excluding carboxylic acids is 1. The fraction of sp³-hybridized carbons (Fsp3) is 0.857. The lowest BCUT2D eigenvalue weighted by atomic mass is 10.2. The molecule has 1 N–H and O–H groups in total. The summed E-state index contributed by atoms with van der Waals surface area (Å²) in [6.07, 6.45) is 1.12. The highest BCUT2D eigenvalue weighted by molar-refractivity contribution is 9.10. The molecule has 2 atom stereocenters. The van der Waals surface area contributed by atoms with E-state index in [0.717, 1.165) is 12.2 Å². The van der Waals surface area contributed by atoms with Crippen LogP contribution >= 0.6 is 27.7 Å². The monoisotopic (exact) mass is 237 g/mol. The molecule has 1 heterocycles. The average molecular weight is 238 g/mol. The summed E-state index contributed by atoms with van der Waals surface area (Å²) < 4.78 is 0. The zero-order valence-electron chi connectivity index (χ0n) is 6.47. The smallest absolute Gasteiger partial charge is 0.233 e. The van der Waals surface area contributed by atoms with Crippen molar-refractivity contribution in [2.75, 3.05) is 11.5 Å². The summed E-state index contributed by atoms with van der Waals surface area (Å²) in [5, 5.41) is 2.97. The SMILES string of the molecule is CC(Br)C(=O)NC1CCSC1. The first-order valence-corrected chi connectivity index (χ1v) is 5.79. The van der Waals surface area contributed by atoms with Crippen LogP contribution in [0.4, 0.5) is 0 Å². The van der Waals surface area contributed by atoms with Crippen LogP contribution in [-0.2, 0) is 4.79 Å². The fourth-order valence-electron chi connectivity index (χ4n) is 0.964. The van der Waals surface area contributed by atoms with Gasteiger partial charge in [0.25, 0.3) is 0 Å². The summed E-state index contributed by atoms with van der Waals surface area (Å²) in [5.41, 5.74) is 0. The molecule has 0 aliphatic carbocycles. The minimum absolute atomic E-state index is 0.0619. The third kappa shape index (κ3) is 3.03. The topological polar surface area (TPSA) is 29.1 Å². The van der Waals surface area contributed by atoms with Gasteiger partial charge in [0.15, 0.2) is 0 Å². The Labute approximate surface area is 79.6 Å². The molecular weight excluding hydrogens is 226 g/mol. The standard InChI is InChI=1S/C7H12BrNOS/c1-5(8)7(10)9-6-2-3-11-4-6/h5-6H,2-4H2,1H3,(H,9,10). The first-order valence-electron chi connectivity index (χ1n) is 3.72. The van der Waals surface area contributed by atoms with E-state index in [1.165, 1.54) is 5.75 Å². The molecule has 0 spiro atoms. The second-order valence-corrected chi connectivity index (χ2v) is 5.21. The molecule has 1 saturated heterocycles. The minimum Gasteiger partial charge on any atom is -0.352 e. The van der Waals surface area contributed by atoms with Gasteiger partial charge < -0.3 is 5.32 Å². The van der Waals surface area contributed by atoms with Crippen LogP contribution < -0.4 is 5.32 Å². The number of amides is 1. The zero-order valence-corrected chi connectivity index (χ0v) is 8.87. The molecule has 0 aromatic carbocycles. The highest BCUT2D eigenvalue weighted by Gasteiger charge is 2.19. The van der Waals surface area contributed by atoms with Gasteiger partial charge in [-0.05, 0) is 19.1 Å². The van der Waals surface area contributed by atoms with Gasteiger partial charge in [-0.1, -0.05) is 15.9 Å². The fourth-order valence-corrected chi connectivity index (χ4v) is 2.25. The Morgan fingerprint density at radius 3 is 3.00 bits per heavy atom. The van der Waals surface area contributed by atoms with E-state index in [9.17, 15) is 4.79 Å². The Hall–Kier alpha value is 0.300. The number of carbonyl (C=O) groups is 1. The van der Waals surface area contributed by atoms with Crippen molar-refractivity contribution in [2.24, 2.45) is 0 Å². The molecule has 4 heteroatoms. The lowest BCUT2D eigenvalue weighted by Gasteiger charge is -2.11. The van der Waals surface area contributed by atoms with E-state index in [0.29, 0.717) is 6.04 Å². The number of nitrogens with one attached hydrogen (secondary N) is 1. The zero-order chi connectivity index (χ0) is 8.27. The number of alkyl halides is 1. The largest absolute Gasteiger partial charge is 0.352 e. The van der Waals surface area contributed by atoms with Crippen molar-refractivity contribution in [3.8, 4) is 0 Å². The van der Waals surface area contributed by atoms with Gasteiger partial charge in [-0.3, -0.25) is 4.79 Å². The van der Waals surface area contributed by atoms with E-state index in [1.54, 1.807) is 0 Å². The summed E-state index contributed by atoms with van der Waals surface area (Å²) in [4.78, 5) is 11.1. The Bertz CT molecular complexity index is 145.